The number of benzene rings is 1. The third-order valence-corrected chi connectivity index (χ3v) is 4.63. The smallest absolute Gasteiger partial charge is 0.120 e. The Hall–Kier alpha value is -1.53. The van der Waals surface area contributed by atoms with Crippen molar-refractivity contribution in [3.05, 3.63) is 28.8 Å². The molecule has 1 aromatic carbocycles. The standard InChI is InChI=1S/C16H20N2O/c1-10-3-13(4-11(2)15(10)9-17)19-14-7-16(8-14)5-12(18)6-16/h3-4,12,14H,5-8,18H2,1-2H3. The highest BCUT2D eigenvalue weighted by Gasteiger charge is 2.52. The molecular weight excluding hydrogens is 236 g/mol. The van der Waals surface area contributed by atoms with Gasteiger partial charge in [-0.05, 0) is 68.2 Å². The molecule has 0 atom stereocenters. The number of hydrogen-bond acceptors (Lipinski definition) is 3. The Kier molecular flexibility index (Phi) is 2.79. The molecule has 3 rings (SSSR count). The van der Waals surface area contributed by atoms with E-state index >= 15 is 0 Å². The van der Waals surface area contributed by atoms with Crippen molar-refractivity contribution in [2.24, 2.45) is 11.1 Å². The highest BCUT2D eigenvalue weighted by atomic mass is 16.5. The van der Waals surface area contributed by atoms with E-state index in [9.17, 15) is 0 Å². The maximum atomic E-state index is 9.06. The molecule has 0 radical (unpaired) electrons. The van der Waals surface area contributed by atoms with Gasteiger partial charge in [0.2, 0.25) is 0 Å². The summed E-state index contributed by atoms with van der Waals surface area (Å²) in [5, 5.41) is 9.06. The molecule has 1 spiro atoms. The second-order valence-electron chi connectivity index (χ2n) is 6.36. The zero-order valence-electron chi connectivity index (χ0n) is 11.6. The summed E-state index contributed by atoms with van der Waals surface area (Å²) in [4.78, 5) is 0. The third kappa shape index (κ3) is 2.11. The van der Waals surface area contributed by atoms with E-state index in [0.717, 1.165) is 48.1 Å². The fourth-order valence-electron chi connectivity index (χ4n) is 3.74. The molecule has 1 aromatic rings. The summed E-state index contributed by atoms with van der Waals surface area (Å²) < 4.78 is 6.03. The van der Waals surface area contributed by atoms with Gasteiger partial charge in [0.15, 0.2) is 0 Å². The van der Waals surface area contributed by atoms with Crippen molar-refractivity contribution < 1.29 is 4.74 Å². The minimum Gasteiger partial charge on any atom is -0.490 e. The van der Waals surface area contributed by atoms with Crippen molar-refractivity contribution in [1.82, 2.24) is 0 Å². The monoisotopic (exact) mass is 256 g/mol. The Labute approximate surface area is 114 Å². The van der Waals surface area contributed by atoms with Crippen molar-refractivity contribution in [2.75, 3.05) is 0 Å². The van der Waals surface area contributed by atoms with Gasteiger partial charge in [-0.1, -0.05) is 0 Å². The van der Waals surface area contributed by atoms with Gasteiger partial charge in [-0.25, -0.2) is 0 Å². The minimum atomic E-state index is 0.333. The second kappa shape index (κ2) is 4.25. The Morgan fingerprint density at radius 1 is 1.21 bits per heavy atom. The first kappa shape index (κ1) is 12.5. The molecule has 2 fully saturated rings. The number of nitriles is 1. The molecule has 0 aromatic heterocycles. The van der Waals surface area contributed by atoms with Gasteiger partial charge in [-0.3, -0.25) is 0 Å². The number of aryl methyl sites for hydroxylation is 2. The van der Waals surface area contributed by atoms with Gasteiger partial charge >= 0.3 is 0 Å². The predicted molar refractivity (Wildman–Crippen MR) is 73.9 cm³/mol. The maximum absolute atomic E-state index is 9.06. The molecule has 19 heavy (non-hydrogen) atoms. The largest absolute Gasteiger partial charge is 0.490 e. The van der Waals surface area contributed by atoms with E-state index in [-0.39, 0.29) is 0 Å². The molecule has 0 heterocycles. The molecule has 2 N–H and O–H groups in total. The van der Waals surface area contributed by atoms with Gasteiger partial charge in [0.1, 0.15) is 5.75 Å². The van der Waals surface area contributed by atoms with E-state index in [1.54, 1.807) is 0 Å². The molecule has 3 heteroatoms. The highest BCUT2D eigenvalue weighted by molar-refractivity contribution is 5.47. The Morgan fingerprint density at radius 2 is 1.79 bits per heavy atom. The van der Waals surface area contributed by atoms with Crippen molar-refractivity contribution in [3.63, 3.8) is 0 Å². The zero-order valence-corrected chi connectivity index (χ0v) is 11.6. The summed E-state index contributed by atoms with van der Waals surface area (Å²) in [6.07, 6.45) is 4.94. The zero-order chi connectivity index (χ0) is 13.6. The quantitative estimate of drug-likeness (QED) is 0.885. The van der Waals surface area contributed by atoms with Crippen LogP contribution in [0.1, 0.15) is 42.4 Å². The summed E-state index contributed by atoms with van der Waals surface area (Å²) >= 11 is 0. The summed E-state index contributed by atoms with van der Waals surface area (Å²) in [5.74, 6) is 0.900. The lowest BCUT2D eigenvalue weighted by molar-refractivity contribution is -0.0781. The fourth-order valence-corrected chi connectivity index (χ4v) is 3.74. The topological polar surface area (TPSA) is 59.0 Å². The summed E-state index contributed by atoms with van der Waals surface area (Å²) in [6.45, 7) is 3.93. The van der Waals surface area contributed by atoms with Crippen LogP contribution < -0.4 is 10.5 Å². The third-order valence-electron chi connectivity index (χ3n) is 4.63. The maximum Gasteiger partial charge on any atom is 0.120 e. The van der Waals surface area contributed by atoms with Crippen LogP contribution in [0.2, 0.25) is 0 Å². The minimum absolute atomic E-state index is 0.333. The van der Waals surface area contributed by atoms with Gasteiger partial charge in [0.05, 0.1) is 17.7 Å². The van der Waals surface area contributed by atoms with Crippen LogP contribution in [0.5, 0.6) is 5.75 Å². The van der Waals surface area contributed by atoms with Crippen LogP contribution in [0.3, 0.4) is 0 Å². The van der Waals surface area contributed by atoms with Crippen molar-refractivity contribution >= 4 is 0 Å². The first-order valence-corrected chi connectivity index (χ1v) is 6.95. The van der Waals surface area contributed by atoms with Crippen LogP contribution in [0.15, 0.2) is 12.1 Å². The lowest BCUT2D eigenvalue weighted by Gasteiger charge is -2.56. The Balaban J connectivity index is 1.64. The highest BCUT2D eigenvalue weighted by Crippen LogP contribution is 2.56. The van der Waals surface area contributed by atoms with Gasteiger partial charge in [-0.15, -0.1) is 0 Å². The Morgan fingerprint density at radius 3 is 2.26 bits per heavy atom. The SMILES string of the molecule is Cc1cc(OC2CC3(CC(N)C3)C2)cc(C)c1C#N. The van der Waals surface area contributed by atoms with Crippen LogP contribution in [-0.4, -0.2) is 12.1 Å². The molecule has 2 saturated carbocycles. The first-order valence-electron chi connectivity index (χ1n) is 6.95. The summed E-state index contributed by atoms with van der Waals surface area (Å²) in [7, 11) is 0. The van der Waals surface area contributed by atoms with Crippen molar-refractivity contribution in [1.29, 1.82) is 5.26 Å². The first-order chi connectivity index (χ1) is 9.01. The van der Waals surface area contributed by atoms with Gasteiger partial charge in [-0.2, -0.15) is 5.26 Å². The van der Waals surface area contributed by atoms with E-state index in [1.807, 2.05) is 26.0 Å². The van der Waals surface area contributed by atoms with E-state index in [2.05, 4.69) is 6.07 Å². The number of ether oxygens (including phenoxy) is 1. The van der Waals surface area contributed by atoms with Crippen LogP contribution in [-0.2, 0) is 0 Å². The second-order valence-corrected chi connectivity index (χ2v) is 6.36. The van der Waals surface area contributed by atoms with Crippen molar-refractivity contribution in [2.45, 2.75) is 51.7 Å². The Bertz CT molecular complexity index is 521. The molecule has 0 bridgehead atoms. The van der Waals surface area contributed by atoms with E-state index < -0.39 is 0 Å². The average Bonchev–Trinajstić information content (AvgIpc) is 2.24. The number of hydrogen-bond donors (Lipinski definition) is 1. The fraction of sp³-hybridized carbons (Fsp3) is 0.562. The van der Waals surface area contributed by atoms with Crippen LogP contribution >= 0.6 is 0 Å². The summed E-state index contributed by atoms with van der Waals surface area (Å²) in [6, 6.07) is 6.61. The molecule has 0 saturated heterocycles. The molecule has 2 aliphatic carbocycles. The molecule has 2 aliphatic rings. The summed E-state index contributed by atoms with van der Waals surface area (Å²) in [5.41, 5.74) is 9.12. The number of nitrogens with zero attached hydrogens (tertiary/aromatic N) is 1. The normalized spacial score (nSPS) is 32.3. The van der Waals surface area contributed by atoms with Crippen LogP contribution in [0, 0.1) is 30.6 Å². The van der Waals surface area contributed by atoms with Gasteiger partial charge in [0, 0.05) is 6.04 Å². The lowest BCUT2D eigenvalue weighted by Crippen LogP contribution is -2.56. The molecule has 0 unspecified atom stereocenters. The predicted octanol–water partition coefficient (Wildman–Crippen LogP) is 2.82. The van der Waals surface area contributed by atoms with Crippen molar-refractivity contribution in [3.8, 4) is 11.8 Å². The van der Waals surface area contributed by atoms with E-state index in [1.165, 1.54) is 0 Å². The molecule has 3 nitrogen and oxygen atoms in total. The molecule has 0 aliphatic heterocycles. The van der Waals surface area contributed by atoms with E-state index in [0.29, 0.717) is 17.6 Å². The van der Waals surface area contributed by atoms with Gasteiger partial charge < -0.3 is 10.5 Å². The van der Waals surface area contributed by atoms with E-state index in [4.69, 9.17) is 15.7 Å². The molecule has 100 valence electrons. The molecule has 0 amide bonds. The number of nitrogens with two attached hydrogens (primary N) is 1. The number of rotatable bonds is 2. The molecular formula is C16H20N2O. The average molecular weight is 256 g/mol. The lowest BCUT2D eigenvalue weighted by atomic mass is 9.53. The van der Waals surface area contributed by atoms with Gasteiger partial charge in [0.25, 0.3) is 0 Å². The van der Waals surface area contributed by atoms with Crippen LogP contribution in [0.25, 0.3) is 0 Å². The van der Waals surface area contributed by atoms with Crippen LogP contribution in [0.4, 0.5) is 0 Å².